The van der Waals surface area contributed by atoms with E-state index in [4.69, 9.17) is 0 Å². The van der Waals surface area contributed by atoms with E-state index in [-0.39, 0.29) is 17.0 Å². The minimum absolute atomic E-state index is 0.0774. The summed E-state index contributed by atoms with van der Waals surface area (Å²) in [6.45, 7) is 17.4. The number of hydrogen-bond acceptors (Lipinski definition) is 3. The molecule has 0 fully saturated rings. The van der Waals surface area contributed by atoms with Crippen molar-refractivity contribution in [3.8, 4) is 6.07 Å². The second-order valence-corrected chi connectivity index (χ2v) is 10.1. The highest BCUT2D eigenvalue weighted by Crippen LogP contribution is 2.45. The molecule has 0 unspecified atom stereocenters. The van der Waals surface area contributed by atoms with Crippen LogP contribution in [0.25, 0.3) is 6.08 Å². The predicted molar refractivity (Wildman–Crippen MR) is 134 cm³/mol. The number of hydrogen-bond donors (Lipinski definition) is 1. The number of fused-ring (bicyclic) bond motifs is 1. The maximum Gasteiger partial charge on any atom is 0.266 e. The predicted octanol–water partition coefficient (Wildman–Crippen LogP) is 6.66. The lowest BCUT2D eigenvalue weighted by atomic mass is 9.78. The quantitative estimate of drug-likeness (QED) is 0.437. The number of carbonyl (C=O) groups excluding carboxylic acids is 1. The number of nitrogens with one attached hydrogen (secondary N) is 1. The molecule has 1 N–H and O–H groups in total. The van der Waals surface area contributed by atoms with Gasteiger partial charge in [0.1, 0.15) is 11.6 Å². The minimum Gasteiger partial charge on any atom is -0.364 e. The van der Waals surface area contributed by atoms with Crippen LogP contribution in [0.1, 0.15) is 74.8 Å². The van der Waals surface area contributed by atoms with Crippen LogP contribution >= 0.6 is 0 Å². The third-order valence-corrected chi connectivity index (χ3v) is 6.48. The Morgan fingerprint density at radius 2 is 1.88 bits per heavy atom. The van der Waals surface area contributed by atoms with E-state index in [1.54, 1.807) is 6.08 Å². The molecule has 4 nitrogen and oxygen atoms in total. The maximum atomic E-state index is 12.9. The van der Waals surface area contributed by atoms with Gasteiger partial charge in [-0.15, -0.1) is 0 Å². The summed E-state index contributed by atoms with van der Waals surface area (Å²) in [5.74, 6) is 0.0203. The Bertz CT molecular complexity index is 1120. The average Bonchev–Trinajstić information content (AvgIpc) is 2.67. The molecule has 0 radical (unpaired) electrons. The molecule has 4 heteroatoms. The molecule has 168 valence electrons. The Balaban J connectivity index is 1.99. The van der Waals surface area contributed by atoms with Gasteiger partial charge in [-0.1, -0.05) is 24.6 Å². The van der Waals surface area contributed by atoms with Crippen molar-refractivity contribution in [3.05, 3.63) is 63.7 Å². The molecule has 0 spiro atoms. The van der Waals surface area contributed by atoms with Gasteiger partial charge in [0.2, 0.25) is 0 Å². The molecule has 1 atom stereocenters. The standard InChI is InChI=1S/C28H35N3O/c1-17(2)31-26-12-19(4)22(14-24(26)21(6)15-28(31,7)8)13-23(16-29)27(32)30-25-10-9-18(3)11-20(25)5/h9-14,17,21H,15H2,1-8H3,(H,30,32)/b23-13-/t21-/m0/s1. The number of nitriles is 1. The highest BCUT2D eigenvalue weighted by molar-refractivity contribution is 6.10. The van der Waals surface area contributed by atoms with Crippen LogP contribution in [-0.2, 0) is 4.79 Å². The molecule has 0 aliphatic carbocycles. The lowest BCUT2D eigenvalue weighted by Crippen LogP contribution is -2.51. The molecule has 0 bridgehead atoms. The lowest BCUT2D eigenvalue weighted by Gasteiger charge is -2.50. The van der Waals surface area contributed by atoms with Crippen LogP contribution in [0.3, 0.4) is 0 Å². The van der Waals surface area contributed by atoms with Gasteiger partial charge in [0, 0.05) is 23.0 Å². The number of anilines is 2. The van der Waals surface area contributed by atoms with Gasteiger partial charge in [0.05, 0.1) is 0 Å². The summed E-state index contributed by atoms with van der Waals surface area (Å²) in [6.07, 6.45) is 2.78. The first-order chi connectivity index (χ1) is 14.9. The van der Waals surface area contributed by atoms with Crippen molar-refractivity contribution in [2.45, 2.75) is 79.3 Å². The molecule has 3 rings (SSSR count). The van der Waals surface area contributed by atoms with Gasteiger partial charge in [-0.2, -0.15) is 5.26 Å². The zero-order chi connectivity index (χ0) is 23.8. The summed E-state index contributed by atoms with van der Waals surface area (Å²) < 4.78 is 0. The molecular formula is C28H35N3O. The molecule has 0 saturated carbocycles. The SMILES string of the molecule is Cc1ccc(NC(=O)/C(C#N)=C\c2cc3c(cc2C)N(C(C)C)C(C)(C)C[C@@H]3C)c(C)c1. The van der Waals surface area contributed by atoms with E-state index < -0.39 is 0 Å². The largest absolute Gasteiger partial charge is 0.364 e. The second-order valence-electron chi connectivity index (χ2n) is 10.1. The highest BCUT2D eigenvalue weighted by Gasteiger charge is 2.37. The number of amides is 1. The van der Waals surface area contributed by atoms with Crippen LogP contribution in [0.2, 0.25) is 0 Å². The summed E-state index contributed by atoms with van der Waals surface area (Å²) in [5.41, 5.74) is 7.55. The second kappa shape index (κ2) is 8.82. The zero-order valence-corrected chi connectivity index (χ0v) is 20.6. The molecule has 1 amide bonds. The van der Waals surface area contributed by atoms with Crippen LogP contribution in [0, 0.1) is 32.1 Å². The summed E-state index contributed by atoms with van der Waals surface area (Å²) in [4.78, 5) is 15.4. The topological polar surface area (TPSA) is 56.1 Å². The molecule has 0 aromatic heterocycles. The molecule has 0 saturated heterocycles. The van der Waals surface area contributed by atoms with Crippen molar-refractivity contribution in [2.24, 2.45) is 0 Å². The highest BCUT2D eigenvalue weighted by atomic mass is 16.1. The van der Waals surface area contributed by atoms with Gasteiger partial charge in [-0.25, -0.2) is 0 Å². The van der Waals surface area contributed by atoms with E-state index in [0.29, 0.717) is 12.0 Å². The summed E-state index contributed by atoms with van der Waals surface area (Å²) in [6, 6.07) is 12.7. The number of carbonyl (C=O) groups is 1. The Morgan fingerprint density at radius 1 is 1.19 bits per heavy atom. The van der Waals surface area contributed by atoms with E-state index in [0.717, 1.165) is 34.4 Å². The Morgan fingerprint density at radius 3 is 2.47 bits per heavy atom. The van der Waals surface area contributed by atoms with E-state index in [2.05, 4.69) is 63.0 Å². The normalized spacial score (nSPS) is 17.7. The Kier molecular flexibility index (Phi) is 6.51. The molecule has 32 heavy (non-hydrogen) atoms. The van der Waals surface area contributed by atoms with Crippen molar-refractivity contribution in [2.75, 3.05) is 10.2 Å². The van der Waals surface area contributed by atoms with Crippen molar-refractivity contribution in [3.63, 3.8) is 0 Å². The summed E-state index contributed by atoms with van der Waals surface area (Å²) in [5, 5.41) is 12.6. The van der Waals surface area contributed by atoms with Crippen molar-refractivity contribution >= 4 is 23.4 Å². The number of rotatable bonds is 4. The van der Waals surface area contributed by atoms with Gasteiger partial charge in [-0.3, -0.25) is 4.79 Å². The number of nitrogens with zero attached hydrogens (tertiary/aromatic N) is 2. The van der Waals surface area contributed by atoms with E-state index in [9.17, 15) is 10.1 Å². The minimum atomic E-state index is -0.380. The first kappa shape index (κ1) is 23.6. The molecule has 2 aromatic carbocycles. The summed E-state index contributed by atoms with van der Waals surface area (Å²) >= 11 is 0. The first-order valence-corrected chi connectivity index (χ1v) is 11.4. The van der Waals surface area contributed by atoms with Gasteiger partial charge in [-0.05, 0) is 107 Å². The summed E-state index contributed by atoms with van der Waals surface area (Å²) in [7, 11) is 0. The van der Waals surface area contributed by atoms with Crippen molar-refractivity contribution < 1.29 is 4.79 Å². The monoisotopic (exact) mass is 429 g/mol. The van der Waals surface area contributed by atoms with Gasteiger partial charge >= 0.3 is 0 Å². The van der Waals surface area contributed by atoms with Crippen molar-refractivity contribution in [1.29, 1.82) is 5.26 Å². The number of aryl methyl sites for hydroxylation is 3. The fourth-order valence-corrected chi connectivity index (χ4v) is 5.19. The van der Waals surface area contributed by atoms with Gasteiger partial charge < -0.3 is 10.2 Å². The van der Waals surface area contributed by atoms with E-state index in [1.165, 1.54) is 11.3 Å². The first-order valence-electron chi connectivity index (χ1n) is 11.4. The Labute approximate surface area is 192 Å². The average molecular weight is 430 g/mol. The third kappa shape index (κ3) is 4.58. The van der Waals surface area contributed by atoms with Crippen LogP contribution in [0.15, 0.2) is 35.9 Å². The molecule has 1 heterocycles. The van der Waals surface area contributed by atoms with Crippen LogP contribution in [-0.4, -0.2) is 17.5 Å². The molecular weight excluding hydrogens is 394 g/mol. The zero-order valence-electron chi connectivity index (χ0n) is 20.6. The van der Waals surface area contributed by atoms with Gasteiger partial charge in [0.25, 0.3) is 5.91 Å². The lowest BCUT2D eigenvalue weighted by molar-refractivity contribution is -0.112. The number of benzene rings is 2. The van der Waals surface area contributed by atoms with Crippen molar-refractivity contribution in [1.82, 2.24) is 0 Å². The molecule has 1 aliphatic heterocycles. The maximum absolute atomic E-state index is 12.9. The van der Waals surface area contributed by atoms with Crippen LogP contribution < -0.4 is 10.2 Å². The molecule has 1 aliphatic rings. The van der Waals surface area contributed by atoms with Crippen LogP contribution in [0.5, 0.6) is 0 Å². The van der Waals surface area contributed by atoms with Crippen LogP contribution in [0.4, 0.5) is 11.4 Å². The fraction of sp³-hybridized carbons (Fsp3) is 0.429. The smallest absolute Gasteiger partial charge is 0.266 e. The fourth-order valence-electron chi connectivity index (χ4n) is 5.19. The van der Waals surface area contributed by atoms with E-state index >= 15 is 0 Å². The van der Waals surface area contributed by atoms with E-state index in [1.807, 2.05) is 39.0 Å². The van der Waals surface area contributed by atoms with Gasteiger partial charge in [0.15, 0.2) is 0 Å². The third-order valence-electron chi connectivity index (χ3n) is 6.48. The Hall–Kier alpha value is -3.06. The molecule has 2 aromatic rings.